The van der Waals surface area contributed by atoms with Crippen LogP contribution in [0.3, 0.4) is 0 Å². The topological polar surface area (TPSA) is 105 Å². The summed E-state index contributed by atoms with van der Waals surface area (Å²) in [6.45, 7) is 0.698. The predicted molar refractivity (Wildman–Crippen MR) is 113 cm³/mol. The zero-order valence-electron chi connectivity index (χ0n) is 15.8. The second-order valence-corrected chi connectivity index (χ2v) is 6.89. The summed E-state index contributed by atoms with van der Waals surface area (Å²) >= 11 is 1.16. The second-order valence-electron chi connectivity index (χ2n) is 5.95. The maximum absolute atomic E-state index is 12.0. The van der Waals surface area contributed by atoms with Gasteiger partial charge in [-0.3, -0.25) is 10.1 Å². The van der Waals surface area contributed by atoms with Crippen molar-refractivity contribution in [2.45, 2.75) is 5.16 Å². The predicted octanol–water partition coefficient (Wildman–Crippen LogP) is 2.94. The zero-order chi connectivity index (χ0) is 20.5. The van der Waals surface area contributed by atoms with Gasteiger partial charge in [0.05, 0.1) is 17.9 Å². The molecule has 0 saturated carbocycles. The molecule has 9 heteroatoms. The van der Waals surface area contributed by atoms with Crippen LogP contribution in [-0.2, 0) is 9.53 Å². The molecule has 8 nitrogen and oxygen atoms in total. The number of urea groups is 1. The quantitative estimate of drug-likeness (QED) is 0.297. The Hall–Kier alpha value is -3.17. The monoisotopic (exact) mass is 411 g/mol. The third-order valence-electron chi connectivity index (χ3n) is 3.80. The highest BCUT2D eigenvalue weighted by Crippen LogP contribution is 2.26. The van der Waals surface area contributed by atoms with Gasteiger partial charge in [0.25, 0.3) is 0 Å². The Balaban J connectivity index is 1.68. The van der Waals surface area contributed by atoms with Crippen molar-refractivity contribution in [3.05, 3.63) is 54.6 Å². The van der Waals surface area contributed by atoms with Crippen LogP contribution in [0.2, 0.25) is 0 Å². The molecule has 150 valence electrons. The van der Waals surface area contributed by atoms with Crippen molar-refractivity contribution in [2.24, 2.45) is 0 Å². The molecule has 0 aliphatic rings. The molecule has 2 aromatic carbocycles. The molecule has 29 heavy (non-hydrogen) atoms. The lowest BCUT2D eigenvalue weighted by Crippen LogP contribution is -2.41. The molecule has 0 saturated heterocycles. The van der Waals surface area contributed by atoms with Crippen LogP contribution in [0.1, 0.15) is 0 Å². The molecule has 0 aliphatic carbocycles. The van der Waals surface area contributed by atoms with E-state index in [-0.39, 0.29) is 5.75 Å². The van der Waals surface area contributed by atoms with Gasteiger partial charge in [0, 0.05) is 24.7 Å². The number of aromatic nitrogens is 2. The van der Waals surface area contributed by atoms with Gasteiger partial charge >= 0.3 is 6.03 Å². The molecule has 0 aliphatic heterocycles. The number of methoxy groups -OCH3 is 1. The van der Waals surface area contributed by atoms with E-state index in [0.717, 1.165) is 28.4 Å². The molecule has 3 amide bonds. The van der Waals surface area contributed by atoms with Crippen molar-refractivity contribution in [1.29, 1.82) is 0 Å². The van der Waals surface area contributed by atoms with E-state index in [0.29, 0.717) is 24.1 Å². The SMILES string of the molecule is COCCNC(=O)NC(=O)CSc1nc(Nc2ccccc2)c2ccccc2n1. The van der Waals surface area contributed by atoms with Crippen molar-refractivity contribution in [3.8, 4) is 0 Å². The first-order valence-electron chi connectivity index (χ1n) is 8.94. The van der Waals surface area contributed by atoms with Crippen LogP contribution >= 0.6 is 11.8 Å². The van der Waals surface area contributed by atoms with E-state index in [1.165, 1.54) is 7.11 Å². The van der Waals surface area contributed by atoms with Crippen LogP contribution in [0.15, 0.2) is 59.8 Å². The van der Waals surface area contributed by atoms with Gasteiger partial charge in [0.1, 0.15) is 5.82 Å². The maximum Gasteiger partial charge on any atom is 0.321 e. The number of para-hydroxylation sites is 2. The molecule has 0 spiro atoms. The minimum absolute atomic E-state index is 0.0147. The van der Waals surface area contributed by atoms with Gasteiger partial charge in [0.15, 0.2) is 5.16 Å². The number of anilines is 2. The van der Waals surface area contributed by atoms with Crippen molar-refractivity contribution in [3.63, 3.8) is 0 Å². The Morgan fingerprint density at radius 3 is 2.59 bits per heavy atom. The normalized spacial score (nSPS) is 10.5. The van der Waals surface area contributed by atoms with E-state index < -0.39 is 11.9 Å². The summed E-state index contributed by atoms with van der Waals surface area (Å²) in [5, 5.41) is 9.41. The van der Waals surface area contributed by atoms with Gasteiger partial charge in [-0.25, -0.2) is 14.8 Å². The van der Waals surface area contributed by atoms with Crippen LogP contribution < -0.4 is 16.0 Å². The number of ether oxygens (including phenoxy) is 1. The molecule has 3 aromatic rings. The summed E-state index contributed by atoms with van der Waals surface area (Å²) in [5.41, 5.74) is 1.67. The fourth-order valence-electron chi connectivity index (χ4n) is 2.48. The molecular formula is C20H21N5O3S. The zero-order valence-corrected chi connectivity index (χ0v) is 16.7. The first-order chi connectivity index (χ1) is 14.2. The number of imide groups is 1. The lowest BCUT2D eigenvalue weighted by atomic mass is 10.2. The molecule has 1 aromatic heterocycles. The van der Waals surface area contributed by atoms with Crippen molar-refractivity contribution in [1.82, 2.24) is 20.6 Å². The summed E-state index contributed by atoms with van der Waals surface area (Å²) in [6, 6.07) is 16.8. The largest absolute Gasteiger partial charge is 0.383 e. The minimum atomic E-state index is -0.557. The average Bonchev–Trinajstić information content (AvgIpc) is 2.73. The van der Waals surface area contributed by atoms with Crippen molar-refractivity contribution in [2.75, 3.05) is 31.3 Å². The van der Waals surface area contributed by atoms with Gasteiger partial charge in [0.2, 0.25) is 5.91 Å². The highest BCUT2D eigenvalue weighted by Gasteiger charge is 2.12. The second kappa shape index (κ2) is 10.4. The Bertz CT molecular complexity index is 984. The number of benzene rings is 2. The molecule has 0 fully saturated rings. The van der Waals surface area contributed by atoms with Crippen LogP contribution in [0.5, 0.6) is 0 Å². The van der Waals surface area contributed by atoms with Crippen molar-refractivity contribution < 1.29 is 14.3 Å². The Labute approximate surface area is 172 Å². The highest BCUT2D eigenvalue weighted by molar-refractivity contribution is 7.99. The molecule has 0 bridgehead atoms. The number of nitrogens with zero attached hydrogens (tertiary/aromatic N) is 2. The number of amides is 3. The van der Waals surface area contributed by atoms with E-state index in [1.54, 1.807) is 0 Å². The molecule has 0 atom stereocenters. The number of carbonyl (C=O) groups is 2. The number of hydrogen-bond acceptors (Lipinski definition) is 7. The first-order valence-corrected chi connectivity index (χ1v) is 9.92. The third kappa shape index (κ3) is 6.16. The molecule has 3 N–H and O–H groups in total. The number of hydrogen-bond donors (Lipinski definition) is 3. The smallest absolute Gasteiger partial charge is 0.321 e. The minimum Gasteiger partial charge on any atom is -0.383 e. The van der Waals surface area contributed by atoms with Crippen LogP contribution in [0.4, 0.5) is 16.3 Å². The molecular weight excluding hydrogens is 390 g/mol. The number of nitrogens with one attached hydrogen (secondary N) is 3. The van der Waals surface area contributed by atoms with Gasteiger partial charge in [-0.15, -0.1) is 0 Å². The van der Waals surface area contributed by atoms with Crippen LogP contribution in [0.25, 0.3) is 10.9 Å². The van der Waals surface area contributed by atoms with Crippen molar-refractivity contribution >= 4 is 46.1 Å². The van der Waals surface area contributed by atoms with Gasteiger partial charge in [-0.2, -0.15) is 0 Å². The van der Waals surface area contributed by atoms with Crippen LogP contribution in [0, 0.1) is 0 Å². The maximum atomic E-state index is 12.0. The van der Waals surface area contributed by atoms with Gasteiger partial charge < -0.3 is 15.4 Å². The average molecular weight is 411 g/mol. The Morgan fingerprint density at radius 1 is 1.03 bits per heavy atom. The molecule has 3 rings (SSSR count). The first kappa shape index (κ1) is 20.6. The lowest BCUT2D eigenvalue weighted by molar-refractivity contribution is -0.117. The van der Waals surface area contributed by atoms with E-state index in [9.17, 15) is 9.59 Å². The highest BCUT2D eigenvalue weighted by atomic mass is 32.2. The van der Waals surface area contributed by atoms with E-state index >= 15 is 0 Å². The van der Waals surface area contributed by atoms with E-state index in [1.807, 2.05) is 54.6 Å². The number of fused-ring (bicyclic) bond motifs is 1. The third-order valence-corrected chi connectivity index (χ3v) is 4.64. The van der Waals surface area contributed by atoms with Gasteiger partial charge in [-0.1, -0.05) is 42.1 Å². The molecule has 1 heterocycles. The standard InChI is InChI=1S/C20H21N5O3S/c1-28-12-11-21-19(27)24-17(26)13-29-20-23-16-10-6-5-9-15(16)18(25-20)22-14-7-3-2-4-8-14/h2-10H,11-13H2,1H3,(H,22,23,25)(H2,21,24,26,27). The number of rotatable bonds is 8. The summed E-state index contributed by atoms with van der Waals surface area (Å²) in [7, 11) is 1.53. The molecule has 0 radical (unpaired) electrons. The number of carbonyl (C=O) groups excluding carboxylic acids is 2. The molecule has 0 unspecified atom stereocenters. The number of thioether (sulfide) groups is 1. The van der Waals surface area contributed by atoms with Gasteiger partial charge in [-0.05, 0) is 24.3 Å². The summed E-state index contributed by atoms with van der Waals surface area (Å²) in [6.07, 6.45) is 0. The van der Waals surface area contributed by atoms with Crippen LogP contribution in [-0.4, -0.2) is 47.9 Å². The summed E-state index contributed by atoms with van der Waals surface area (Å²) < 4.78 is 4.84. The fourth-order valence-corrected chi connectivity index (χ4v) is 3.13. The Kier molecular flexibility index (Phi) is 7.37. The lowest BCUT2D eigenvalue weighted by Gasteiger charge is -2.11. The summed E-state index contributed by atoms with van der Waals surface area (Å²) in [5.74, 6) is 0.238. The fraction of sp³-hybridized carbons (Fsp3) is 0.200. The van der Waals surface area contributed by atoms with E-state index in [4.69, 9.17) is 4.74 Å². The van der Waals surface area contributed by atoms with E-state index in [2.05, 4.69) is 25.9 Å². The summed E-state index contributed by atoms with van der Waals surface area (Å²) in [4.78, 5) is 32.7. The Morgan fingerprint density at radius 2 is 1.79 bits per heavy atom.